The van der Waals surface area contributed by atoms with Gasteiger partial charge >= 0.3 is 11.8 Å². The summed E-state index contributed by atoms with van der Waals surface area (Å²) in [6, 6.07) is 7.18. The summed E-state index contributed by atoms with van der Waals surface area (Å²) in [7, 11) is 0. The molecule has 144 valence electrons. The van der Waals surface area contributed by atoms with Crippen LogP contribution in [0.4, 0.5) is 0 Å². The van der Waals surface area contributed by atoms with Crippen LogP contribution in [0.3, 0.4) is 0 Å². The molecule has 1 aliphatic rings. The zero-order valence-corrected chi connectivity index (χ0v) is 15.3. The Morgan fingerprint density at radius 2 is 2.00 bits per heavy atom. The number of hydrogen-bond donors (Lipinski definition) is 3. The fraction of sp³-hybridized carbons (Fsp3) is 0.333. The summed E-state index contributed by atoms with van der Waals surface area (Å²) in [4.78, 5) is 24.0. The summed E-state index contributed by atoms with van der Waals surface area (Å²) in [5.74, 6) is -0.210. The molecule has 1 aromatic heterocycles. The molecule has 0 bridgehead atoms. The zero-order chi connectivity index (χ0) is 19.1. The number of carbonyl (C=O) groups is 2. The van der Waals surface area contributed by atoms with Crippen LogP contribution in [0, 0.1) is 0 Å². The van der Waals surface area contributed by atoms with Crippen LogP contribution in [0.25, 0.3) is 0 Å². The molecule has 3 rings (SSSR count). The number of rotatable bonds is 8. The molecular weight excluding hydrogens is 372 g/mol. The van der Waals surface area contributed by atoms with Gasteiger partial charge in [0.25, 0.3) is 0 Å². The molecule has 2 aromatic rings. The van der Waals surface area contributed by atoms with E-state index in [1.807, 2.05) is 16.8 Å². The number of hydrogen-bond acceptors (Lipinski definition) is 7. The lowest BCUT2D eigenvalue weighted by Crippen LogP contribution is -2.41. The van der Waals surface area contributed by atoms with E-state index in [0.717, 1.165) is 11.1 Å². The minimum atomic E-state index is -0.747. The van der Waals surface area contributed by atoms with Crippen LogP contribution < -0.4 is 20.1 Å². The zero-order valence-electron chi connectivity index (χ0n) is 14.5. The van der Waals surface area contributed by atoms with Gasteiger partial charge < -0.3 is 30.0 Å². The van der Waals surface area contributed by atoms with E-state index >= 15 is 0 Å². The fourth-order valence-corrected chi connectivity index (χ4v) is 3.21. The Balaban J connectivity index is 1.47. The maximum Gasteiger partial charge on any atom is 0.309 e. The number of aliphatic hydroxyl groups is 1. The molecule has 8 nitrogen and oxygen atoms in total. The lowest BCUT2D eigenvalue weighted by molar-refractivity contribution is -0.139. The van der Waals surface area contributed by atoms with Crippen molar-refractivity contribution in [1.29, 1.82) is 0 Å². The van der Waals surface area contributed by atoms with Gasteiger partial charge in [-0.3, -0.25) is 9.59 Å². The SMILES string of the molecule is O=C(NCc1ccc2c(c1)OCO2)C(=O)NCC(OCCO)c1ccsc1. The van der Waals surface area contributed by atoms with Crippen molar-refractivity contribution in [1.82, 2.24) is 10.6 Å². The van der Waals surface area contributed by atoms with Crippen molar-refractivity contribution < 1.29 is 28.9 Å². The number of ether oxygens (including phenoxy) is 3. The first kappa shape index (κ1) is 19.2. The van der Waals surface area contributed by atoms with Gasteiger partial charge in [0.15, 0.2) is 11.5 Å². The standard InChI is InChI=1S/C18H20N2O6S/c21-4-5-24-16(13-3-6-27-10-13)9-20-18(23)17(22)19-8-12-1-2-14-15(7-12)26-11-25-14/h1-3,6-7,10,16,21H,4-5,8-9,11H2,(H,19,22)(H,20,23). The van der Waals surface area contributed by atoms with Gasteiger partial charge in [0, 0.05) is 13.1 Å². The van der Waals surface area contributed by atoms with E-state index in [1.165, 1.54) is 11.3 Å². The van der Waals surface area contributed by atoms with Gasteiger partial charge in [-0.25, -0.2) is 0 Å². The molecular formula is C18H20N2O6S. The number of benzene rings is 1. The number of fused-ring (bicyclic) bond motifs is 1. The Morgan fingerprint density at radius 1 is 1.19 bits per heavy atom. The minimum absolute atomic E-state index is 0.120. The van der Waals surface area contributed by atoms with E-state index in [0.29, 0.717) is 11.5 Å². The maximum atomic E-state index is 12.0. The summed E-state index contributed by atoms with van der Waals surface area (Å²) >= 11 is 1.50. The Hall–Kier alpha value is -2.62. The number of amides is 2. The van der Waals surface area contributed by atoms with Crippen molar-refractivity contribution in [2.75, 3.05) is 26.6 Å². The highest BCUT2D eigenvalue weighted by atomic mass is 32.1. The maximum absolute atomic E-state index is 12.0. The summed E-state index contributed by atoms with van der Waals surface area (Å²) in [5.41, 5.74) is 1.68. The third kappa shape index (κ3) is 5.19. The average molecular weight is 392 g/mol. The lowest BCUT2D eigenvalue weighted by Gasteiger charge is -2.17. The topological polar surface area (TPSA) is 106 Å². The van der Waals surface area contributed by atoms with Gasteiger partial charge in [-0.2, -0.15) is 11.3 Å². The van der Waals surface area contributed by atoms with Gasteiger partial charge in [-0.05, 0) is 40.1 Å². The third-order valence-corrected chi connectivity index (χ3v) is 4.57. The fourth-order valence-electron chi connectivity index (χ4n) is 2.51. The predicted molar refractivity (Wildman–Crippen MR) is 97.5 cm³/mol. The quantitative estimate of drug-likeness (QED) is 0.578. The molecule has 2 amide bonds. The van der Waals surface area contributed by atoms with Gasteiger partial charge in [0.2, 0.25) is 6.79 Å². The van der Waals surface area contributed by atoms with Crippen molar-refractivity contribution in [3.05, 3.63) is 46.2 Å². The molecule has 0 spiro atoms. The molecule has 0 saturated heterocycles. The van der Waals surface area contributed by atoms with Crippen molar-refractivity contribution >= 4 is 23.2 Å². The molecule has 1 atom stereocenters. The first-order chi connectivity index (χ1) is 13.2. The number of nitrogens with one attached hydrogen (secondary N) is 2. The highest BCUT2D eigenvalue weighted by Crippen LogP contribution is 2.32. The first-order valence-corrected chi connectivity index (χ1v) is 9.30. The number of carbonyl (C=O) groups excluding carboxylic acids is 2. The molecule has 9 heteroatoms. The Labute approximate surface area is 160 Å². The molecule has 2 heterocycles. The first-order valence-electron chi connectivity index (χ1n) is 8.36. The Morgan fingerprint density at radius 3 is 2.78 bits per heavy atom. The molecule has 0 aliphatic carbocycles. The van der Waals surface area contributed by atoms with Crippen molar-refractivity contribution in [3.63, 3.8) is 0 Å². The summed E-state index contributed by atoms with van der Waals surface area (Å²) in [6.45, 7) is 0.527. The van der Waals surface area contributed by atoms with Crippen molar-refractivity contribution in [3.8, 4) is 11.5 Å². The van der Waals surface area contributed by atoms with Crippen LogP contribution in [0.2, 0.25) is 0 Å². The van der Waals surface area contributed by atoms with Gasteiger partial charge in [-0.15, -0.1) is 0 Å². The second-order valence-electron chi connectivity index (χ2n) is 5.72. The second-order valence-corrected chi connectivity index (χ2v) is 6.50. The Bertz CT molecular complexity index is 780. The van der Waals surface area contributed by atoms with E-state index in [1.54, 1.807) is 18.2 Å². The molecule has 0 radical (unpaired) electrons. The van der Waals surface area contributed by atoms with Crippen LogP contribution >= 0.6 is 11.3 Å². The normalized spacial score (nSPS) is 13.2. The summed E-state index contributed by atoms with van der Waals surface area (Å²) in [5, 5.41) is 17.8. The van der Waals surface area contributed by atoms with Crippen LogP contribution in [-0.4, -0.2) is 43.5 Å². The molecule has 1 unspecified atom stereocenters. The Kier molecular flexibility index (Phi) is 6.64. The largest absolute Gasteiger partial charge is 0.454 e. The lowest BCUT2D eigenvalue weighted by atomic mass is 10.2. The minimum Gasteiger partial charge on any atom is -0.454 e. The smallest absolute Gasteiger partial charge is 0.309 e. The van der Waals surface area contributed by atoms with Gasteiger partial charge in [0.05, 0.1) is 13.2 Å². The van der Waals surface area contributed by atoms with Crippen molar-refractivity contribution in [2.24, 2.45) is 0 Å². The molecule has 1 aliphatic heterocycles. The molecule has 3 N–H and O–H groups in total. The van der Waals surface area contributed by atoms with Crippen LogP contribution in [0.1, 0.15) is 17.2 Å². The second kappa shape index (κ2) is 9.36. The molecule has 1 aromatic carbocycles. The molecule has 27 heavy (non-hydrogen) atoms. The van der Waals surface area contributed by atoms with E-state index < -0.39 is 17.9 Å². The van der Waals surface area contributed by atoms with E-state index in [4.69, 9.17) is 19.3 Å². The van der Waals surface area contributed by atoms with Crippen molar-refractivity contribution in [2.45, 2.75) is 12.6 Å². The van der Waals surface area contributed by atoms with Crippen LogP contribution in [0.5, 0.6) is 11.5 Å². The van der Waals surface area contributed by atoms with E-state index in [-0.39, 0.29) is 33.1 Å². The predicted octanol–water partition coefficient (Wildman–Crippen LogP) is 0.959. The van der Waals surface area contributed by atoms with Crippen LogP contribution in [-0.2, 0) is 20.9 Å². The highest BCUT2D eigenvalue weighted by Gasteiger charge is 2.19. The number of thiophene rings is 1. The molecule has 0 fully saturated rings. The third-order valence-electron chi connectivity index (χ3n) is 3.87. The molecule has 0 saturated carbocycles. The highest BCUT2D eigenvalue weighted by molar-refractivity contribution is 7.07. The monoisotopic (exact) mass is 392 g/mol. The number of aliphatic hydroxyl groups excluding tert-OH is 1. The van der Waals surface area contributed by atoms with E-state index in [2.05, 4.69) is 10.6 Å². The summed E-state index contributed by atoms with van der Waals surface area (Å²) in [6.07, 6.45) is -0.422. The van der Waals surface area contributed by atoms with Gasteiger partial charge in [-0.1, -0.05) is 6.07 Å². The van der Waals surface area contributed by atoms with Crippen LogP contribution in [0.15, 0.2) is 35.0 Å². The average Bonchev–Trinajstić information content (AvgIpc) is 3.37. The van der Waals surface area contributed by atoms with E-state index in [9.17, 15) is 9.59 Å². The summed E-state index contributed by atoms with van der Waals surface area (Å²) < 4.78 is 16.0. The van der Waals surface area contributed by atoms with Gasteiger partial charge in [0.1, 0.15) is 6.10 Å².